The van der Waals surface area contributed by atoms with Gasteiger partial charge in [-0.15, -0.1) is 0 Å². The number of benzene rings is 3. The van der Waals surface area contributed by atoms with Crippen LogP contribution in [-0.2, 0) is 10.0 Å². The van der Waals surface area contributed by atoms with Gasteiger partial charge in [-0.3, -0.25) is 10.1 Å². The second-order valence-electron chi connectivity index (χ2n) is 6.17. The number of anilines is 1. The summed E-state index contributed by atoms with van der Waals surface area (Å²) < 4.78 is 37.9. The molecular formula is C21H19N3O6S. The lowest BCUT2D eigenvalue weighted by molar-refractivity contribution is -0.387. The first-order valence-electron chi connectivity index (χ1n) is 8.97. The fraction of sp³-hybridized carbons (Fsp3) is 0.0952. The van der Waals surface area contributed by atoms with E-state index < -0.39 is 25.5 Å². The van der Waals surface area contributed by atoms with Gasteiger partial charge in [0.2, 0.25) is 0 Å². The van der Waals surface area contributed by atoms with E-state index in [0.29, 0.717) is 17.2 Å². The summed E-state index contributed by atoms with van der Waals surface area (Å²) in [5.41, 5.74) is 0.173. The number of rotatable bonds is 8. The Morgan fingerprint density at radius 3 is 2.00 bits per heavy atom. The Bertz CT molecular complexity index is 1190. The lowest BCUT2D eigenvalue weighted by Gasteiger charge is -2.20. The van der Waals surface area contributed by atoms with E-state index >= 15 is 0 Å². The van der Waals surface area contributed by atoms with Crippen molar-refractivity contribution in [1.29, 1.82) is 0 Å². The summed E-state index contributed by atoms with van der Waals surface area (Å²) in [5.74, 6) is 1.15. The van der Waals surface area contributed by atoms with Gasteiger partial charge in [-0.2, -0.15) is 0 Å². The van der Waals surface area contributed by atoms with Crippen LogP contribution in [0.25, 0.3) is 0 Å². The van der Waals surface area contributed by atoms with Gasteiger partial charge in [0.25, 0.3) is 15.7 Å². The van der Waals surface area contributed by atoms with Gasteiger partial charge in [0, 0.05) is 6.07 Å². The maximum Gasteiger partial charge on any atom is 0.289 e. The molecule has 0 atom stereocenters. The molecule has 10 heteroatoms. The molecule has 0 N–H and O–H groups in total. The van der Waals surface area contributed by atoms with Crippen molar-refractivity contribution in [3.63, 3.8) is 0 Å². The second-order valence-corrected chi connectivity index (χ2v) is 7.95. The number of nitro groups is 1. The minimum atomic E-state index is -4.36. The molecule has 0 fully saturated rings. The van der Waals surface area contributed by atoms with Crippen molar-refractivity contribution in [2.45, 2.75) is 4.90 Å². The van der Waals surface area contributed by atoms with Crippen LogP contribution in [0.5, 0.6) is 11.5 Å². The van der Waals surface area contributed by atoms with Crippen LogP contribution in [0.4, 0.5) is 17.1 Å². The van der Waals surface area contributed by atoms with Crippen LogP contribution in [0.1, 0.15) is 0 Å². The molecule has 0 spiro atoms. The van der Waals surface area contributed by atoms with E-state index in [1.807, 2.05) is 0 Å². The van der Waals surface area contributed by atoms with Gasteiger partial charge in [-0.25, -0.2) is 17.7 Å². The topological polar surface area (TPSA) is 111 Å². The molecule has 160 valence electrons. The van der Waals surface area contributed by atoms with Crippen molar-refractivity contribution in [3.8, 4) is 11.5 Å². The Labute approximate surface area is 179 Å². The van der Waals surface area contributed by atoms with Crippen LogP contribution < -0.4 is 13.8 Å². The number of para-hydroxylation sites is 1. The van der Waals surface area contributed by atoms with E-state index in [1.54, 1.807) is 36.4 Å². The molecule has 0 aromatic heterocycles. The van der Waals surface area contributed by atoms with E-state index in [1.165, 1.54) is 44.6 Å². The van der Waals surface area contributed by atoms with Crippen molar-refractivity contribution in [3.05, 3.63) is 82.9 Å². The van der Waals surface area contributed by atoms with E-state index in [9.17, 15) is 18.5 Å². The first-order chi connectivity index (χ1) is 14.9. The molecule has 0 bridgehead atoms. The highest BCUT2D eigenvalue weighted by atomic mass is 32.2. The van der Waals surface area contributed by atoms with Crippen molar-refractivity contribution in [2.75, 3.05) is 18.5 Å². The van der Waals surface area contributed by atoms with Crippen LogP contribution in [0, 0.1) is 10.1 Å². The van der Waals surface area contributed by atoms with Crippen molar-refractivity contribution >= 4 is 33.4 Å². The van der Waals surface area contributed by atoms with Gasteiger partial charge in [-0.05, 0) is 54.6 Å². The van der Waals surface area contributed by atoms with Gasteiger partial charge in [-0.1, -0.05) is 12.1 Å². The standard InChI is InChI=1S/C21H19N3O6S/c1-29-18-11-7-16(8-12-18)22-15-23(17-9-13-19(30-2)14-10-17)31(27,28)21-6-4-3-5-20(21)24(25)26/h3-15H,1-2H3. The summed E-state index contributed by atoms with van der Waals surface area (Å²) in [5, 5.41) is 11.4. The molecule has 0 saturated carbocycles. The van der Waals surface area contributed by atoms with Gasteiger partial charge < -0.3 is 9.47 Å². The fourth-order valence-electron chi connectivity index (χ4n) is 2.72. The van der Waals surface area contributed by atoms with Gasteiger partial charge in [0.05, 0.1) is 30.5 Å². The number of ether oxygens (including phenoxy) is 2. The molecule has 0 radical (unpaired) electrons. The minimum absolute atomic E-state index is 0.233. The SMILES string of the molecule is COc1ccc(N=CN(c2ccc(OC)cc2)S(=O)(=O)c2ccccc2[N+](=O)[O-])cc1. The number of nitro benzene ring substituents is 1. The summed E-state index contributed by atoms with van der Waals surface area (Å²) >= 11 is 0. The monoisotopic (exact) mass is 441 g/mol. The molecule has 3 aromatic carbocycles. The number of nitrogens with zero attached hydrogens (tertiary/aromatic N) is 3. The third-order valence-electron chi connectivity index (χ3n) is 4.31. The Kier molecular flexibility index (Phi) is 6.51. The molecule has 0 amide bonds. The maximum absolute atomic E-state index is 13.4. The van der Waals surface area contributed by atoms with Crippen LogP contribution in [-0.4, -0.2) is 33.9 Å². The largest absolute Gasteiger partial charge is 0.497 e. The Morgan fingerprint density at radius 2 is 1.45 bits per heavy atom. The van der Waals surface area contributed by atoms with Gasteiger partial charge >= 0.3 is 0 Å². The van der Waals surface area contributed by atoms with Crippen LogP contribution >= 0.6 is 0 Å². The first-order valence-corrected chi connectivity index (χ1v) is 10.4. The molecular weight excluding hydrogens is 422 g/mol. The third kappa shape index (κ3) is 4.81. The Morgan fingerprint density at radius 1 is 0.903 bits per heavy atom. The lowest BCUT2D eigenvalue weighted by atomic mass is 10.3. The Hall–Kier alpha value is -3.92. The minimum Gasteiger partial charge on any atom is -0.497 e. The van der Waals surface area contributed by atoms with Crippen molar-refractivity contribution in [2.24, 2.45) is 4.99 Å². The zero-order valence-corrected chi connectivity index (χ0v) is 17.5. The van der Waals surface area contributed by atoms with Crippen LogP contribution in [0.15, 0.2) is 82.7 Å². The summed E-state index contributed by atoms with van der Waals surface area (Å²) in [6.07, 6.45) is 1.11. The summed E-state index contributed by atoms with van der Waals surface area (Å²) in [4.78, 5) is 14.5. The number of sulfonamides is 1. The summed E-state index contributed by atoms with van der Waals surface area (Å²) in [7, 11) is -1.34. The van der Waals surface area contributed by atoms with E-state index in [4.69, 9.17) is 9.47 Å². The normalized spacial score (nSPS) is 11.3. The summed E-state index contributed by atoms with van der Waals surface area (Å²) in [6.45, 7) is 0. The third-order valence-corrected chi connectivity index (χ3v) is 6.03. The van der Waals surface area contributed by atoms with Crippen LogP contribution in [0.2, 0.25) is 0 Å². The molecule has 0 aliphatic rings. The number of hydrogen-bond donors (Lipinski definition) is 0. The summed E-state index contributed by atoms with van der Waals surface area (Å²) in [6, 6.07) is 18.0. The molecule has 0 aliphatic heterocycles. The van der Waals surface area contributed by atoms with Crippen LogP contribution in [0.3, 0.4) is 0 Å². The molecule has 31 heavy (non-hydrogen) atoms. The predicted molar refractivity (Wildman–Crippen MR) is 117 cm³/mol. The number of aliphatic imine (C=N–C) groups is 1. The zero-order chi connectivity index (χ0) is 22.4. The molecule has 0 heterocycles. The van der Waals surface area contributed by atoms with Crippen molar-refractivity contribution in [1.82, 2.24) is 0 Å². The smallest absolute Gasteiger partial charge is 0.289 e. The number of hydrogen-bond acceptors (Lipinski definition) is 7. The average Bonchev–Trinajstić information content (AvgIpc) is 2.80. The molecule has 9 nitrogen and oxygen atoms in total. The van der Waals surface area contributed by atoms with E-state index in [-0.39, 0.29) is 5.69 Å². The molecule has 0 unspecified atom stereocenters. The van der Waals surface area contributed by atoms with Gasteiger partial charge in [0.15, 0.2) is 4.90 Å². The molecule has 0 saturated heterocycles. The highest BCUT2D eigenvalue weighted by molar-refractivity contribution is 7.93. The van der Waals surface area contributed by atoms with Crippen molar-refractivity contribution < 1.29 is 22.8 Å². The zero-order valence-electron chi connectivity index (χ0n) is 16.7. The quantitative estimate of drug-likeness (QED) is 0.224. The van der Waals surface area contributed by atoms with E-state index in [0.717, 1.165) is 16.7 Å². The highest BCUT2D eigenvalue weighted by Crippen LogP contribution is 2.30. The molecule has 3 aromatic rings. The molecule has 0 aliphatic carbocycles. The second kappa shape index (κ2) is 9.26. The first kappa shape index (κ1) is 21.8. The number of methoxy groups -OCH3 is 2. The molecule has 3 rings (SSSR count). The predicted octanol–water partition coefficient (Wildman–Crippen LogP) is 4.17. The van der Waals surface area contributed by atoms with Gasteiger partial charge in [0.1, 0.15) is 17.8 Å². The maximum atomic E-state index is 13.4. The fourth-order valence-corrected chi connectivity index (χ4v) is 4.16. The highest BCUT2D eigenvalue weighted by Gasteiger charge is 2.31. The average molecular weight is 441 g/mol. The Balaban J connectivity index is 2.10. The van der Waals surface area contributed by atoms with E-state index in [2.05, 4.69) is 4.99 Å². The lowest BCUT2D eigenvalue weighted by Crippen LogP contribution is -2.30.